The fraction of sp³-hybridized carbons (Fsp3) is 0.182. The van der Waals surface area contributed by atoms with Crippen molar-refractivity contribution in [2.24, 2.45) is 0 Å². The number of amides is 1. The molecule has 6 nitrogen and oxygen atoms in total. The van der Waals surface area contributed by atoms with Gasteiger partial charge in [0.05, 0.1) is 16.7 Å². The van der Waals surface area contributed by atoms with Crippen LogP contribution in [0, 0.1) is 6.92 Å². The van der Waals surface area contributed by atoms with Crippen molar-refractivity contribution in [1.82, 2.24) is 24.8 Å². The number of carbonyl (C=O) groups excluding carboxylic acids is 1. The van der Waals surface area contributed by atoms with Crippen molar-refractivity contribution < 1.29 is 4.79 Å². The third kappa shape index (κ3) is 3.62. The van der Waals surface area contributed by atoms with Crippen LogP contribution in [-0.2, 0) is 6.42 Å². The highest BCUT2D eigenvalue weighted by Gasteiger charge is 2.14. The minimum absolute atomic E-state index is 0.0523. The molecule has 2 aromatic carbocycles. The molecule has 4 rings (SSSR count). The highest BCUT2D eigenvalue weighted by molar-refractivity contribution is 5.97. The first-order chi connectivity index (χ1) is 13.6. The van der Waals surface area contributed by atoms with E-state index in [0.717, 1.165) is 28.2 Å². The monoisotopic (exact) mass is 371 g/mol. The van der Waals surface area contributed by atoms with Gasteiger partial charge < -0.3 is 5.32 Å². The third-order valence-corrected chi connectivity index (χ3v) is 4.61. The normalized spacial score (nSPS) is 12.1. The molecular formula is C22H21N5O. The van der Waals surface area contributed by atoms with Gasteiger partial charge in [0.25, 0.3) is 5.91 Å². The van der Waals surface area contributed by atoms with E-state index >= 15 is 0 Å². The van der Waals surface area contributed by atoms with Gasteiger partial charge in [0.1, 0.15) is 5.82 Å². The molecule has 2 aromatic heterocycles. The van der Waals surface area contributed by atoms with Crippen LogP contribution in [0.5, 0.6) is 0 Å². The van der Waals surface area contributed by atoms with Crippen molar-refractivity contribution in [3.8, 4) is 5.69 Å². The van der Waals surface area contributed by atoms with Crippen LogP contribution < -0.4 is 5.32 Å². The fourth-order valence-electron chi connectivity index (χ4n) is 3.35. The Balaban J connectivity index is 1.55. The molecule has 1 N–H and O–H groups in total. The number of carbonyl (C=O) groups is 1. The average Bonchev–Trinajstić information content (AvgIpc) is 3.04. The first kappa shape index (κ1) is 17.9. The molecule has 0 aliphatic rings. The first-order valence-electron chi connectivity index (χ1n) is 9.22. The molecule has 0 saturated carbocycles. The number of rotatable bonds is 5. The second kappa shape index (κ2) is 7.60. The summed E-state index contributed by atoms with van der Waals surface area (Å²) in [5, 5.41) is 3.02. The third-order valence-electron chi connectivity index (χ3n) is 4.61. The van der Waals surface area contributed by atoms with Gasteiger partial charge in [-0.15, -0.1) is 0 Å². The fourth-order valence-corrected chi connectivity index (χ4v) is 3.35. The number of aromatic nitrogens is 4. The van der Waals surface area contributed by atoms with E-state index in [1.165, 1.54) is 0 Å². The van der Waals surface area contributed by atoms with Crippen molar-refractivity contribution in [2.45, 2.75) is 26.3 Å². The molecule has 1 amide bonds. The van der Waals surface area contributed by atoms with E-state index in [-0.39, 0.29) is 11.9 Å². The minimum atomic E-state index is -0.120. The van der Waals surface area contributed by atoms with E-state index in [1.807, 2.05) is 62.4 Å². The summed E-state index contributed by atoms with van der Waals surface area (Å²) in [4.78, 5) is 25.6. The molecule has 0 radical (unpaired) electrons. The zero-order valence-electron chi connectivity index (χ0n) is 15.8. The van der Waals surface area contributed by atoms with E-state index in [1.54, 1.807) is 18.6 Å². The summed E-state index contributed by atoms with van der Waals surface area (Å²) in [6.07, 6.45) is 5.64. The SMILES string of the molecule is Cc1nc2cc(C(=O)N[C@H](C)Cc3cnccn3)ccc2n1-c1ccccc1. The predicted octanol–water partition coefficient (Wildman–Crippen LogP) is 3.48. The van der Waals surface area contributed by atoms with Crippen LogP contribution in [0.4, 0.5) is 0 Å². The zero-order chi connectivity index (χ0) is 19.5. The number of hydrogen-bond acceptors (Lipinski definition) is 4. The average molecular weight is 371 g/mol. The highest BCUT2D eigenvalue weighted by atomic mass is 16.1. The molecule has 1 atom stereocenters. The molecular weight excluding hydrogens is 350 g/mol. The van der Waals surface area contributed by atoms with E-state index in [9.17, 15) is 4.79 Å². The summed E-state index contributed by atoms with van der Waals surface area (Å²) < 4.78 is 2.09. The molecule has 0 bridgehead atoms. The lowest BCUT2D eigenvalue weighted by molar-refractivity contribution is 0.0940. The Morgan fingerprint density at radius 2 is 1.96 bits per heavy atom. The number of aryl methyl sites for hydroxylation is 1. The van der Waals surface area contributed by atoms with Gasteiger partial charge in [-0.1, -0.05) is 18.2 Å². The topological polar surface area (TPSA) is 72.7 Å². The maximum atomic E-state index is 12.7. The van der Waals surface area contributed by atoms with E-state index < -0.39 is 0 Å². The van der Waals surface area contributed by atoms with Crippen LogP contribution >= 0.6 is 0 Å². The van der Waals surface area contributed by atoms with Gasteiger partial charge in [0, 0.05) is 42.3 Å². The summed E-state index contributed by atoms with van der Waals surface area (Å²) in [5.74, 6) is 0.764. The first-order valence-corrected chi connectivity index (χ1v) is 9.22. The molecule has 6 heteroatoms. The van der Waals surface area contributed by atoms with Crippen LogP contribution in [0.2, 0.25) is 0 Å². The molecule has 0 spiro atoms. The molecule has 140 valence electrons. The summed E-state index contributed by atoms with van der Waals surface area (Å²) in [7, 11) is 0. The lowest BCUT2D eigenvalue weighted by atomic mass is 10.1. The Hall–Kier alpha value is -3.54. The number of para-hydroxylation sites is 1. The maximum Gasteiger partial charge on any atom is 0.251 e. The van der Waals surface area contributed by atoms with Gasteiger partial charge in [0.2, 0.25) is 0 Å². The van der Waals surface area contributed by atoms with Crippen molar-refractivity contribution in [2.75, 3.05) is 0 Å². The molecule has 4 aromatic rings. The Labute approximate surface area is 163 Å². The van der Waals surface area contributed by atoms with Gasteiger partial charge in [-0.25, -0.2) is 4.98 Å². The Kier molecular flexibility index (Phi) is 4.85. The van der Waals surface area contributed by atoms with Gasteiger partial charge in [0.15, 0.2) is 0 Å². The number of fused-ring (bicyclic) bond motifs is 1. The van der Waals surface area contributed by atoms with E-state index in [4.69, 9.17) is 0 Å². The smallest absolute Gasteiger partial charge is 0.251 e. The quantitative estimate of drug-likeness (QED) is 0.583. The van der Waals surface area contributed by atoms with Gasteiger partial charge in [-0.2, -0.15) is 0 Å². The number of nitrogens with zero attached hydrogens (tertiary/aromatic N) is 4. The standard InChI is InChI=1S/C22H21N5O/c1-15(12-18-14-23-10-11-24-18)25-22(28)17-8-9-21-20(13-17)26-16(2)27(21)19-6-4-3-5-7-19/h3-11,13-15H,12H2,1-2H3,(H,25,28)/t15-/m1/s1. The summed E-state index contributed by atoms with van der Waals surface area (Å²) in [5.41, 5.74) is 4.28. The summed E-state index contributed by atoms with van der Waals surface area (Å²) in [6, 6.07) is 15.7. The van der Waals surface area contributed by atoms with Gasteiger partial charge in [-0.05, 0) is 44.2 Å². The van der Waals surface area contributed by atoms with Crippen LogP contribution in [0.15, 0.2) is 67.1 Å². The number of benzene rings is 2. The molecule has 0 aliphatic carbocycles. The minimum Gasteiger partial charge on any atom is -0.349 e. The second-order valence-electron chi connectivity index (χ2n) is 6.81. The van der Waals surface area contributed by atoms with Crippen LogP contribution in [0.3, 0.4) is 0 Å². The number of hydrogen-bond donors (Lipinski definition) is 1. The Bertz CT molecular complexity index is 1110. The lowest BCUT2D eigenvalue weighted by Gasteiger charge is -2.13. The Morgan fingerprint density at radius 3 is 2.71 bits per heavy atom. The largest absolute Gasteiger partial charge is 0.349 e. The van der Waals surface area contributed by atoms with Crippen LogP contribution in [0.1, 0.15) is 28.8 Å². The van der Waals surface area contributed by atoms with Crippen molar-refractivity contribution in [1.29, 1.82) is 0 Å². The zero-order valence-corrected chi connectivity index (χ0v) is 15.8. The molecule has 0 saturated heterocycles. The van der Waals surface area contributed by atoms with Crippen molar-refractivity contribution in [3.63, 3.8) is 0 Å². The lowest BCUT2D eigenvalue weighted by Crippen LogP contribution is -2.34. The molecule has 0 fully saturated rings. The predicted molar refractivity (Wildman–Crippen MR) is 108 cm³/mol. The highest BCUT2D eigenvalue weighted by Crippen LogP contribution is 2.22. The number of imidazole rings is 1. The van der Waals surface area contributed by atoms with Crippen molar-refractivity contribution in [3.05, 3.63) is 84.2 Å². The van der Waals surface area contributed by atoms with Gasteiger partial charge >= 0.3 is 0 Å². The molecule has 0 aliphatic heterocycles. The maximum absolute atomic E-state index is 12.7. The molecule has 2 heterocycles. The van der Waals surface area contributed by atoms with E-state index in [0.29, 0.717) is 12.0 Å². The summed E-state index contributed by atoms with van der Waals surface area (Å²) >= 11 is 0. The molecule has 28 heavy (non-hydrogen) atoms. The Morgan fingerprint density at radius 1 is 1.14 bits per heavy atom. The van der Waals surface area contributed by atoms with Crippen LogP contribution in [-0.4, -0.2) is 31.5 Å². The van der Waals surface area contributed by atoms with E-state index in [2.05, 4.69) is 24.8 Å². The number of nitrogens with one attached hydrogen (secondary N) is 1. The van der Waals surface area contributed by atoms with Crippen molar-refractivity contribution >= 4 is 16.9 Å². The molecule has 0 unspecified atom stereocenters. The van der Waals surface area contributed by atoms with Crippen LogP contribution in [0.25, 0.3) is 16.7 Å². The second-order valence-corrected chi connectivity index (χ2v) is 6.81. The van der Waals surface area contributed by atoms with Gasteiger partial charge in [-0.3, -0.25) is 19.3 Å². The summed E-state index contributed by atoms with van der Waals surface area (Å²) in [6.45, 7) is 3.93.